The minimum atomic E-state index is -1.78. The Labute approximate surface area is 293 Å². The van der Waals surface area contributed by atoms with E-state index in [1.165, 1.54) is 20.8 Å². The standard InChI is InChI=1S/C30H51N3O18/c1-8-19(39)23(43)26(27(44)45-8)51-30-17(33-13(6)37)25(21(41)14(7-34)48-30)50-29-16(32-12(5)36)24(20(40)10(3)47-29)49-28-15(31-11(4)35)22(42)18(38)9(2)46-28/h8-10,14-30,34,38-44H,7H2,1-6H3,(H,31,35)(H,32,36)(H,33,37)/t8-,9-,10-,14+,15-,16-,17+,18+,19-,20+,21+,22-,23+,24-,25+,26+,27+,28-,29-,30-/m0/s1. The zero-order chi connectivity index (χ0) is 38.1. The lowest BCUT2D eigenvalue weighted by atomic mass is 9.93. The summed E-state index contributed by atoms with van der Waals surface area (Å²) in [5, 5.41) is 93.0. The zero-order valence-electron chi connectivity index (χ0n) is 28.9. The van der Waals surface area contributed by atoms with Crippen molar-refractivity contribution >= 4 is 17.7 Å². The van der Waals surface area contributed by atoms with Gasteiger partial charge in [-0.15, -0.1) is 0 Å². The number of hydrogen-bond donors (Lipinski definition) is 11. The molecule has 21 nitrogen and oxygen atoms in total. The van der Waals surface area contributed by atoms with Gasteiger partial charge in [-0.1, -0.05) is 0 Å². The average Bonchev–Trinajstić information content (AvgIpc) is 3.04. The second-order valence-electron chi connectivity index (χ2n) is 13.3. The lowest BCUT2D eigenvalue weighted by Gasteiger charge is -2.51. The summed E-state index contributed by atoms with van der Waals surface area (Å²) in [7, 11) is 0. The van der Waals surface area contributed by atoms with E-state index in [4.69, 9.17) is 33.2 Å². The smallest absolute Gasteiger partial charge is 0.217 e. The predicted molar refractivity (Wildman–Crippen MR) is 164 cm³/mol. The Hall–Kier alpha value is -2.19. The van der Waals surface area contributed by atoms with E-state index in [2.05, 4.69) is 16.0 Å². The van der Waals surface area contributed by atoms with Crippen LogP contribution in [-0.4, -0.2) is 188 Å². The summed E-state index contributed by atoms with van der Waals surface area (Å²) in [4.78, 5) is 36.9. The maximum Gasteiger partial charge on any atom is 0.217 e. The molecule has 0 saturated carbocycles. The summed E-state index contributed by atoms with van der Waals surface area (Å²) in [6.07, 6.45) is -25.3. The summed E-state index contributed by atoms with van der Waals surface area (Å²) in [5.74, 6) is -1.95. The van der Waals surface area contributed by atoms with Crippen LogP contribution in [-0.2, 0) is 47.5 Å². The normalized spacial score (nSPS) is 47.6. The number of ether oxygens (including phenoxy) is 7. The van der Waals surface area contributed by atoms with Gasteiger partial charge in [0.25, 0.3) is 0 Å². The van der Waals surface area contributed by atoms with E-state index < -0.39 is 147 Å². The molecule has 3 amide bonds. The summed E-state index contributed by atoms with van der Waals surface area (Å²) < 4.78 is 40.8. The molecule has 51 heavy (non-hydrogen) atoms. The fourth-order valence-corrected chi connectivity index (χ4v) is 6.58. The highest BCUT2D eigenvalue weighted by molar-refractivity contribution is 5.74. The van der Waals surface area contributed by atoms with E-state index in [0.29, 0.717) is 0 Å². The van der Waals surface area contributed by atoms with Gasteiger partial charge in [0.1, 0.15) is 79.2 Å². The number of rotatable bonds is 10. The van der Waals surface area contributed by atoms with Crippen molar-refractivity contribution < 1.29 is 88.4 Å². The number of aliphatic hydroxyl groups excluding tert-OH is 8. The Balaban J connectivity index is 1.68. The number of nitrogens with one attached hydrogen (secondary N) is 3. The molecule has 0 aliphatic carbocycles. The molecule has 0 bridgehead atoms. The molecule has 0 spiro atoms. The summed E-state index contributed by atoms with van der Waals surface area (Å²) >= 11 is 0. The highest BCUT2D eigenvalue weighted by Crippen LogP contribution is 2.34. The van der Waals surface area contributed by atoms with E-state index in [1.54, 1.807) is 0 Å². The SMILES string of the molecule is CC(=O)N[C@@H]1[C@H](O[C@@H]2[C@H](O)[C@H](C)O[C@@H](O[C@H]3[C@H](O)[C@@H](CO)O[C@@H](O[C@@H]4[C@H](O)[C@@H](O)[C@H](C)O[C@H]4O)[C@@H]3NC(C)=O)[C@H]2NC(C)=O)O[C@@H](C)[C@@H](O)[C@H]1O. The maximum absolute atomic E-state index is 12.5. The molecule has 11 N–H and O–H groups in total. The van der Waals surface area contributed by atoms with Crippen molar-refractivity contribution in [1.29, 1.82) is 0 Å². The molecule has 4 heterocycles. The van der Waals surface area contributed by atoms with E-state index >= 15 is 0 Å². The molecule has 4 saturated heterocycles. The van der Waals surface area contributed by atoms with E-state index in [9.17, 15) is 55.2 Å². The Morgan fingerprint density at radius 2 is 0.902 bits per heavy atom. The molecular formula is C30H51N3O18. The summed E-state index contributed by atoms with van der Waals surface area (Å²) in [5.41, 5.74) is 0. The molecule has 20 atom stereocenters. The molecule has 0 unspecified atom stereocenters. The van der Waals surface area contributed by atoms with Crippen LogP contribution in [0.25, 0.3) is 0 Å². The lowest BCUT2D eigenvalue weighted by Crippen LogP contribution is -2.71. The third-order valence-electron chi connectivity index (χ3n) is 9.29. The number of aliphatic hydroxyl groups is 8. The quantitative estimate of drug-likeness (QED) is 0.0992. The molecule has 294 valence electrons. The molecule has 4 aliphatic heterocycles. The fraction of sp³-hybridized carbons (Fsp3) is 0.900. The van der Waals surface area contributed by atoms with Gasteiger partial charge in [-0.05, 0) is 20.8 Å². The largest absolute Gasteiger partial charge is 0.394 e. The van der Waals surface area contributed by atoms with Crippen LogP contribution < -0.4 is 16.0 Å². The minimum absolute atomic E-state index is 0.602. The number of carbonyl (C=O) groups is 3. The molecule has 0 aromatic heterocycles. The van der Waals surface area contributed by atoms with Crippen molar-refractivity contribution in [1.82, 2.24) is 16.0 Å². The van der Waals surface area contributed by atoms with Gasteiger partial charge in [-0.25, -0.2) is 0 Å². The van der Waals surface area contributed by atoms with Gasteiger partial charge < -0.3 is 90.0 Å². The van der Waals surface area contributed by atoms with Crippen molar-refractivity contribution in [3.8, 4) is 0 Å². The third-order valence-corrected chi connectivity index (χ3v) is 9.29. The minimum Gasteiger partial charge on any atom is -0.394 e. The van der Waals surface area contributed by atoms with E-state index in [1.807, 2.05) is 0 Å². The summed E-state index contributed by atoms with van der Waals surface area (Å²) in [6.45, 7) is 6.89. The fourth-order valence-electron chi connectivity index (χ4n) is 6.58. The Bertz CT molecular complexity index is 1200. The zero-order valence-corrected chi connectivity index (χ0v) is 28.9. The first-order valence-electron chi connectivity index (χ1n) is 16.6. The van der Waals surface area contributed by atoms with Crippen LogP contribution >= 0.6 is 0 Å². The Kier molecular flexibility index (Phi) is 14.1. The van der Waals surface area contributed by atoms with Crippen molar-refractivity contribution in [3.05, 3.63) is 0 Å². The van der Waals surface area contributed by atoms with Crippen molar-refractivity contribution in [2.75, 3.05) is 6.61 Å². The molecule has 4 rings (SSSR count). The molecule has 0 aromatic rings. The predicted octanol–water partition coefficient (Wildman–Crippen LogP) is -6.23. The van der Waals surface area contributed by atoms with Crippen LogP contribution in [0.15, 0.2) is 0 Å². The topological polar surface area (TPSA) is 314 Å². The number of amides is 3. The summed E-state index contributed by atoms with van der Waals surface area (Å²) in [6, 6.07) is -4.25. The highest BCUT2D eigenvalue weighted by Gasteiger charge is 2.55. The first-order chi connectivity index (χ1) is 23.9. The molecule has 4 fully saturated rings. The van der Waals surface area contributed by atoms with E-state index in [-0.39, 0.29) is 0 Å². The van der Waals surface area contributed by atoms with Gasteiger partial charge in [0, 0.05) is 20.8 Å². The van der Waals surface area contributed by atoms with Gasteiger partial charge in [0.05, 0.1) is 24.9 Å². The lowest BCUT2D eigenvalue weighted by molar-refractivity contribution is -0.363. The number of carbonyl (C=O) groups excluding carboxylic acids is 3. The first kappa shape index (κ1) is 41.6. The van der Waals surface area contributed by atoms with E-state index in [0.717, 1.165) is 20.8 Å². The third kappa shape index (κ3) is 9.31. The average molecular weight is 742 g/mol. The van der Waals surface area contributed by atoms with Crippen molar-refractivity contribution in [2.45, 2.75) is 164 Å². The van der Waals surface area contributed by atoms with Crippen LogP contribution in [0, 0.1) is 0 Å². The maximum atomic E-state index is 12.5. The van der Waals surface area contributed by atoms with Gasteiger partial charge >= 0.3 is 0 Å². The molecule has 0 radical (unpaired) electrons. The molecule has 0 aromatic carbocycles. The van der Waals surface area contributed by atoms with Crippen molar-refractivity contribution in [3.63, 3.8) is 0 Å². The second-order valence-corrected chi connectivity index (χ2v) is 13.3. The highest BCUT2D eigenvalue weighted by atomic mass is 16.7. The monoisotopic (exact) mass is 741 g/mol. The Morgan fingerprint density at radius 3 is 1.41 bits per heavy atom. The van der Waals surface area contributed by atoms with Crippen LogP contribution in [0.1, 0.15) is 41.5 Å². The van der Waals surface area contributed by atoms with Crippen LogP contribution in [0.4, 0.5) is 0 Å². The molecular weight excluding hydrogens is 690 g/mol. The van der Waals surface area contributed by atoms with Gasteiger partial charge in [0.2, 0.25) is 17.7 Å². The van der Waals surface area contributed by atoms with Crippen LogP contribution in [0.3, 0.4) is 0 Å². The number of hydrogen-bond acceptors (Lipinski definition) is 18. The molecule has 4 aliphatic rings. The second kappa shape index (κ2) is 17.3. The van der Waals surface area contributed by atoms with Crippen LogP contribution in [0.2, 0.25) is 0 Å². The van der Waals surface area contributed by atoms with Crippen LogP contribution in [0.5, 0.6) is 0 Å². The first-order valence-corrected chi connectivity index (χ1v) is 16.6. The van der Waals surface area contributed by atoms with Gasteiger partial charge in [-0.2, -0.15) is 0 Å². The van der Waals surface area contributed by atoms with Gasteiger partial charge in [-0.3, -0.25) is 14.4 Å². The Morgan fingerprint density at radius 1 is 0.510 bits per heavy atom. The van der Waals surface area contributed by atoms with Crippen molar-refractivity contribution in [2.24, 2.45) is 0 Å². The molecule has 21 heteroatoms. The van der Waals surface area contributed by atoms with Gasteiger partial charge in [0.15, 0.2) is 25.2 Å².